The standard InChI is InChI=1S/C17H18BrNOS/c1-20-10-14-15(18)6-4-7-16(14)19-9-12-11-21-17-8-3-2-5-13(12)17/h2-8,12,19H,9-11H2,1H3. The van der Waals surface area contributed by atoms with E-state index < -0.39 is 0 Å². The van der Waals surface area contributed by atoms with Gasteiger partial charge < -0.3 is 10.1 Å². The van der Waals surface area contributed by atoms with Crippen LogP contribution in [0, 0.1) is 0 Å². The molecule has 0 radical (unpaired) electrons. The van der Waals surface area contributed by atoms with Crippen molar-refractivity contribution in [1.82, 2.24) is 0 Å². The molecule has 1 aliphatic heterocycles. The summed E-state index contributed by atoms with van der Waals surface area (Å²) < 4.78 is 6.40. The third-order valence-electron chi connectivity index (χ3n) is 3.75. The van der Waals surface area contributed by atoms with Gasteiger partial charge in [0.1, 0.15) is 0 Å². The second-order valence-electron chi connectivity index (χ2n) is 5.13. The quantitative estimate of drug-likeness (QED) is 0.816. The van der Waals surface area contributed by atoms with Crippen LogP contribution in [0.15, 0.2) is 51.8 Å². The Kier molecular flexibility index (Phi) is 4.88. The fourth-order valence-corrected chi connectivity index (χ4v) is 4.38. The maximum Gasteiger partial charge on any atom is 0.0744 e. The molecule has 1 aliphatic rings. The minimum atomic E-state index is 0.570. The number of fused-ring (bicyclic) bond motifs is 1. The molecule has 2 aromatic carbocycles. The van der Waals surface area contributed by atoms with E-state index in [0.717, 1.165) is 22.5 Å². The van der Waals surface area contributed by atoms with E-state index in [1.54, 1.807) is 7.11 Å². The number of anilines is 1. The molecule has 0 saturated heterocycles. The van der Waals surface area contributed by atoms with Gasteiger partial charge in [0.2, 0.25) is 0 Å². The highest BCUT2D eigenvalue weighted by Crippen LogP contribution is 2.39. The van der Waals surface area contributed by atoms with Gasteiger partial charge in [-0.1, -0.05) is 40.2 Å². The molecule has 0 aliphatic carbocycles. The molecule has 21 heavy (non-hydrogen) atoms. The lowest BCUT2D eigenvalue weighted by Gasteiger charge is -2.16. The number of halogens is 1. The first-order valence-electron chi connectivity index (χ1n) is 7.01. The summed E-state index contributed by atoms with van der Waals surface area (Å²) in [4.78, 5) is 1.43. The maximum absolute atomic E-state index is 5.30. The predicted molar refractivity (Wildman–Crippen MR) is 93.3 cm³/mol. The Bertz CT molecular complexity index is 632. The molecule has 2 aromatic rings. The minimum absolute atomic E-state index is 0.570. The highest BCUT2D eigenvalue weighted by atomic mass is 79.9. The number of nitrogens with one attached hydrogen (secondary N) is 1. The molecule has 110 valence electrons. The number of hydrogen-bond acceptors (Lipinski definition) is 3. The highest BCUT2D eigenvalue weighted by Gasteiger charge is 2.22. The normalized spacial score (nSPS) is 16.8. The van der Waals surface area contributed by atoms with E-state index in [9.17, 15) is 0 Å². The lowest BCUT2D eigenvalue weighted by molar-refractivity contribution is 0.185. The van der Waals surface area contributed by atoms with Crippen LogP contribution in [0.4, 0.5) is 5.69 Å². The summed E-state index contributed by atoms with van der Waals surface area (Å²) in [6, 6.07) is 14.9. The number of hydrogen-bond donors (Lipinski definition) is 1. The second-order valence-corrected chi connectivity index (χ2v) is 7.04. The number of thioether (sulfide) groups is 1. The molecule has 0 saturated carbocycles. The van der Waals surface area contributed by atoms with Gasteiger partial charge in [-0.25, -0.2) is 0 Å². The zero-order chi connectivity index (χ0) is 14.7. The first-order valence-corrected chi connectivity index (χ1v) is 8.79. The molecular weight excluding hydrogens is 346 g/mol. The lowest BCUT2D eigenvalue weighted by Crippen LogP contribution is -2.13. The summed E-state index contributed by atoms with van der Waals surface area (Å²) in [5.74, 6) is 1.72. The van der Waals surface area contributed by atoms with E-state index in [1.807, 2.05) is 11.8 Å². The summed E-state index contributed by atoms with van der Waals surface area (Å²) >= 11 is 5.56. The van der Waals surface area contributed by atoms with E-state index in [4.69, 9.17) is 4.74 Å². The minimum Gasteiger partial charge on any atom is -0.384 e. The molecule has 1 heterocycles. The summed E-state index contributed by atoms with van der Waals surface area (Å²) in [5.41, 5.74) is 3.80. The van der Waals surface area contributed by atoms with Crippen LogP contribution in [0.5, 0.6) is 0 Å². The molecule has 0 aromatic heterocycles. The number of rotatable bonds is 5. The van der Waals surface area contributed by atoms with Crippen LogP contribution in [-0.2, 0) is 11.3 Å². The van der Waals surface area contributed by atoms with Crippen molar-refractivity contribution < 1.29 is 4.74 Å². The van der Waals surface area contributed by atoms with Crippen molar-refractivity contribution in [3.8, 4) is 0 Å². The van der Waals surface area contributed by atoms with Crippen molar-refractivity contribution in [1.29, 1.82) is 0 Å². The van der Waals surface area contributed by atoms with Gasteiger partial charge in [-0.3, -0.25) is 0 Å². The van der Waals surface area contributed by atoms with E-state index in [0.29, 0.717) is 12.5 Å². The van der Waals surface area contributed by atoms with E-state index in [2.05, 4.69) is 63.7 Å². The van der Waals surface area contributed by atoms with Crippen molar-refractivity contribution >= 4 is 33.4 Å². The highest BCUT2D eigenvalue weighted by molar-refractivity contribution is 9.10. The average molecular weight is 364 g/mol. The molecule has 4 heteroatoms. The third kappa shape index (κ3) is 3.28. The Morgan fingerprint density at radius 3 is 2.95 bits per heavy atom. The van der Waals surface area contributed by atoms with Crippen LogP contribution < -0.4 is 5.32 Å². The molecule has 1 unspecified atom stereocenters. The molecule has 0 amide bonds. The Morgan fingerprint density at radius 2 is 2.10 bits per heavy atom. The molecule has 1 atom stereocenters. The first kappa shape index (κ1) is 14.9. The fourth-order valence-electron chi connectivity index (χ4n) is 2.65. The molecular formula is C17H18BrNOS. The second kappa shape index (κ2) is 6.86. The van der Waals surface area contributed by atoms with Gasteiger partial charge in [0.15, 0.2) is 0 Å². The van der Waals surface area contributed by atoms with Crippen LogP contribution in [0.2, 0.25) is 0 Å². The zero-order valence-corrected chi connectivity index (χ0v) is 14.3. The van der Waals surface area contributed by atoms with E-state index in [1.165, 1.54) is 16.0 Å². The molecule has 3 rings (SSSR count). The van der Waals surface area contributed by atoms with Crippen LogP contribution in [0.25, 0.3) is 0 Å². The monoisotopic (exact) mass is 363 g/mol. The van der Waals surface area contributed by atoms with Crippen molar-refractivity contribution in [2.24, 2.45) is 0 Å². The molecule has 0 spiro atoms. The fraction of sp³-hybridized carbons (Fsp3) is 0.294. The van der Waals surface area contributed by atoms with Gasteiger partial charge in [0.25, 0.3) is 0 Å². The number of ether oxygens (including phenoxy) is 1. The molecule has 0 bridgehead atoms. The largest absolute Gasteiger partial charge is 0.384 e. The van der Waals surface area contributed by atoms with Gasteiger partial charge >= 0.3 is 0 Å². The van der Waals surface area contributed by atoms with Crippen molar-refractivity contribution in [3.05, 3.63) is 58.1 Å². The van der Waals surface area contributed by atoms with Gasteiger partial charge in [0, 0.05) is 45.9 Å². The first-order chi connectivity index (χ1) is 10.3. The topological polar surface area (TPSA) is 21.3 Å². The van der Waals surface area contributed by atoms with Gasteiger partial charge in [-0.2, -0.15) is 0 Å². The average Bonchev–Trinajstić information content (AvgIpc) is 2.91. The smallest absolute Gasteiger partial charge is 0.0744 e. The summed E-state index contributed by atoms with van der Waals surface area (Å²) in [7, 11) is 1.73. The van der Waals surface area contributed by atoms with E-state index in [-0.39, 0.29) is 0 Å². The lowest BCUT2D eigenvalue weighted by atomic mass is 10.0. The number of methoxy groups -OCH3 is 1. The molecule has 2 nitrogen and oxygen atoms in total. The van der Waals surface area contributed by atoms with Crippen molar-refractivity contribution in [3.63, 3.8) is 0 Å². The summed E-state index contributed by atoms with van der Waals surface area (Å²) in [6.07, 6.45) is 0. The zero-order valence-electron chi connectivity index (χ0n) is 11.9. The van der Waals surface area contributed by atoms with Crippen LogP contribution in [-0.4, -0.2) is 19.4 Å². The Balaban J connectivity index is 1.73. The van der Waals surface area contributed by atoms with Crippen molar-refractivity contribution in [2.45, 2.75) is 17.4 Å². The molecule has 1 N–H and O–H groups in total. The Labute approximate surface area is 138 Å². The van der Waals surface area contributed by atoms with Crippen LogP contribution in [0.1, 0.15) is 17.0 Å². The van der Waals surface area contributed by atoms with E-state index >= 15 is 0 Å². The summed E-state index contributed by atoms with van der Waals surface area (Å²) in [6.45, 7) is 1.57. The van der Waals surface area contributed by atoms with Gasteiger partial charge in [-0.05, 0) is 23.8 Å². The SMILES string of the molecule is COCc1c(Br)cccc1NCC1CSc2ccccc21. The van der Waals surface area contributed by atoms with Gasteiger partial charge in [-0.15, -0.1) is 11.8 Å². The van der Waals surface area contributed by atoms with Crippen molar-refractivity contribution in [2.75, 3.05) is 24.7 Å². The van der Waals surface area contributed by atoms with Crippen LogP contribution in [0.3, 0.4) is 0 Å². The third-order valence-corrected chi connectivity index (χ3v) is 5.74. The molecule has 0 fully saturated rings. The summed E-state index contributed by atoms with van der Waals surface area (Å²) in [5, 5.41) is 3.60. The predicted octanol–water partition coefficient (Wildman–Crippen LogP) is 4.90. The van der Waals surface area contributed by atoms with Gasteiger partial charge in [0.05, 0.1) is 6.61 Å². The number of benzene rings is 2. The Hall–Kier alpha value is -0.970. The maximum atomic E-state index is 5.30. The van der Waals surface area contributed by atoms with Crippen LogP contribution >= 0.6 is 27.7 Å². The Morgan fingerprint density at radius 1 is 1.24 bits per heavy atom.